The van der Waals surface area contributed by atoms with Gasteiger partial charge >= 0.3 is 5.97 Å². The summed E-state index contributed by atoms with van der Waals surface area (Å²) in [7, 11) is 0. The molecule has 26 heavy (non-hydrogen) atoms. The summed E-state index contributed by atoms with van der Waals surface area (Å²) in [6.07, 6.45) is 1.70. The first-order chi connectivity index (χ1) is 12.4. The lowest BCUT2D eigenvalue weighted by molar-refractivity contribution is -0.146. The van der Waals surface area contributed by atoms with E-state index in [1.807, 2.05) is 0 Å². The van der Waals surface area contributed by atoms with E-state index in [4.69, 9.17) is 15.9 Å². The number of hydrogen-bond acceptors (Lipinski definition) is 5. The van der Waals surface area contributed by atoms with Crippen LogP contribution in [0, 0.1) is 11.3 Å². The highest BCUT2D eigenvalue weighted by Gasteiger charge is 2.36. The number of likely N-dealkylation sites (tertiary alicyclic amines) is 1. The van der Waals surface area contributed by atoms with E-state index in [9.17, 15) is 14.7 Å². The van der Waals surface area contributed by atoms with Crippen LogP contribution < -0.4 is 15.8 Å². The highest BCUT2D eigenvalue weighted by Crippen LogP contribution is 2.22. The topological polar surface area (TPSA) is 129 Å². The van der Waals surface area contributed by atoms with E-state index >= 15 is 0 Å². The number of ether oxygens (including phenoxy) is 1. The maximum atomic E-state index is 12.7. The number of nitrogens with zero attached hydrogens (tertiary/aromatic N) is 1. The lowest BCUT2D eigenvalue weighted by Gasteiger charge is -2.32. The summed E-state index contributed by atoms with van der Waals surface area (Å²) < 4.78 is 5.91. The molecule has 2 heterocycles. The number of nitrogens with two attached hydrogens (primary N) is 1. The van der Waals surface area contributed by atoms with Crippen LogP contribution in [0.3, 0.4) is 0 Å². The van der Waals surface area contributed by atoms with Crippen molar-refractivity contribution in [2.75, 3.05) is 19.6 Å². The Labute approximate surface area is 151 Å². The Morgan fingerprint density at radius 1 is 1.38 bits per heavy atom. The van der Waals surface area contributed by atoms with E-state index in [1.54, 1.807) is 29.2 Å². The number of rotatable bonds is 5. The zero-order valence-electron chi connectivity index (χ0n) is 14.5. The van der Waals surface area contributed by atoms with Crippen molar-refractivity contribution in [3.63, 3.8) is 0 Å². The van der Waals surface area contributed by atoms with E-state index in [0.717, 1.165) is 0 Å². The number of carboxylic acid groups (broad SMARTS) is 1. The molecule has 1 aromatic carbocycles. The molecule has 2 aliphatic heterocycles. The molecule has 8 heteroatoms. The van der Waals surface area contributed by atoms with E-state index in [-0.39, 0.29) is 30.4 Å². The number of carboxylic acids is 1. The number of nitrogen functional groups attached to an aromatic ring is 1. The first-order valence-corrected chi connectivity index (χ1v) is 8.80. The Hall–Kier alpha value is -2.61. The van der Waals surface area contributed by atoms with Crippen molar-refractivity contribution >= 4 is 17.7 Å². The van der Waals surface area contributed by atoms with Gasteiger partial charge in [-0.15, -0.1) is 0 Å². The van der Waals surface area contributed by atoms with Crippen molar-refractivity contribution in [1.29, 1.82) is 5.41 Å². The summed E-state index contributed by atoms with van der Waals surface area (Å²) in [5.74, 6) is -0.781. The fourth-order valence-electron chi connectivity index (χ4n) is 3.51. The molecular weight excluding hydrogens is 336 g/mol. The van der Waals surface area contributed by atoms with Gasteiger partial charge < -0.3 is 25.8 Å². The highest BCUT2D eigenvalue weighted by molar-refractivity contribution is 5.95. The fourth-order valence-corrected chi connectivity index (χ4v) is 3.51. The van der Waals surface area contributed by atoms with Gasteiger partial charge in [0.15, 0.2) is 0 Å². The summed E-state index contributed by atoms with van der Waals surface area (Å²) in [6.45, 7) is 1.42. The summed E-state index contributed by atoms with van der Waals surface area (Å²) in [5.41, 5.74) is 6.08. The minimum atomic E-state index is -0.839. The van der Waals surface area contributed by atoms with Crippen LogP contribution in [0.25, 0.3) is 0 Å². The van der Waals surface area contributed by atoms with E-state index in [1.165, 1.54) is 0 Å². The molecule has 0 aromatic heterocycles. The molecule has 2 fully saturated rings. The number of amidine groups is 1. The number of amides is 1. The lowest BCUT2D eigenvalue weighted by Crippen LogP contribution is -2.49. The van der Waals surface area contributed by atoms with Crippen LogP contribution in [0.15, 0.2) is 24.3 Å². The molecule has 1 amide bonds. The zero-order valence-corrected chi connectivity index (χ0v) is 14.5. The van der Waals surface area contributed by atoms with Crippen LogP contribution in [-0.4, -0.2) is 59.5 Å². The lowest BCUT2D eigenvalue weighted by atomic mass is 9.97. The van der Waals surface area contributed by atoms with Crippen LogP contribution in [0.1, 0.15) is 24.8 Å². The Morgan fingerprint density at radius 2 is 2.19 bits per heavy atom. The van der Waals surface area contributed by atoms with Gasteiger partial charge in [-0.05, 0) is 25.0 Å². The zero-order chi connectivity index (χ0) is 18.7. The van der Waals surface area contributed by atoms with Gasteiger partial charge in [-0.3, -0.25) is 15.0 Å². The number of piperidine rings is 1. The molecule has 0 aliphatic carbocycles. The van der Waals surface area contributed by atoms with Gasteiger partial charge in [0.1, 0.15) is 17.7 Å². The average molecular weight is 360 g/mol. The third-order valence-electron chi connectivity index (χ3n) is 4.92. The second-order valence-corrected chi connectivity index (χ2v) is 6.84. The van der Waals surface area contributed by atoms with Crippen molar-refractivity contribution in [3.05, 3.63) is 29.8 Å². The predicted molar refractivity (Wildman–Crippen MR) is 95.2 cm³/mol. The quantitative estimate of drug-likeness (QED) is 0.444. The van der Waals surface area contributed by atoms with Crippen LogP contribution in [0.4, 0.5) is 0 Å². The molecule has 1 aromatic rings. The molecule has 0 spiro atoms. The minimum absolute atomic E-state index is 0.0221. The van der Waals surface area contributed by atoms with E-state index in [0.29, 0.717) is 43.7 Å². The van der Waals surface area contributed by atoms with E-state index in [2.05, 4.69) is 5.32 Å². The van der Waals surface area contributed by atoms with Gasteiger partial charge in [0.25, 0.3) is 0 Å². The predicted octanol–water partition coefficient (Wildman–Crippen LogP) is 0.403. The molecule has 3 unspecified atom stereocenters. The van der Waals surface area contributed by atoms with Crippen LogP contribution in [0.5, 0.6) is 5.75 Å². The van der Waals surface area contributed by atoms with Gasteiger partial charge in [-0.1, -0.05) is 12.1 Å². The van der Waals surface area contributed by atoms with Crippen LogP contribution in [-0.2, 0) is 9.59 Å². The summed E-state index contributed by atoms with van der Waals surface area (Å²) >= 11 is 0. The monoisotopic (exact) mass is 360 g/mol. The maximum absolute atomic E-state index is 12.7. The third kappa shape index (κ3) is 4.13. The van der Waals surface area contributed by atoms with Gasteiger partial charge in [-0.2, -0.15) is 0 Å². The number of carbonyl (C=O) groups is 2. The molecule has 3 atom stereocenters. The first-order valence-electron chi connectivity index (χ1n) is 8.80. The highest BCUT2D eigenvalue weighted by atomic mass is 16.5. The Morgan fingerprint density at radius 3 is 2.92 bits per heavy atom. The van der Waals surface area contributed by atoms with Crippen molar-refractivity contribution in [3.8, 4) is 5.75 Å². The Bertz CT molecular complexity index is 708. The van der Waals surface area contributed by atoms with Gasteiger partial charge in [0, 0.05) is 31.6 Å². The molecule has 2 aliphatic rings. The van der Waals surface area contributed by atoms with Crippen molar-refractivity contribution in [2.24, 2.45) is 11.7 Å². The minimum Gasteiger partial charge on any atom is -0.489 e. The number of benzene rings is 1. The first kappa shape index (κ1) is 18.2. The van der Waals surface area contributed by atoms with Crippen molar-refractivity contribution in [1.82, 2.24) is 10.2 Å². The molecule has 0 bridgehead atoms. The Kier molecular flexibility index (Phi) is 5.41. The second-order valence-electron chi connectivity index (χ2n) is 6.84. The number of hydrogen-bond donors (Lipinski definition) is 4. The molecule has 2 saturated heterocycles. The van der Waals surface area contributed by atoms with Crippen LogP contribution >= 0.6 is 0 Å². The second kappa shape index (κ2) is 7.74. The van der Waals surface area contributed by atoms with Gasteiger partial charge in [0.2, 0.25) is 5.91 Å². The molecule has 140 valence electrons. The van der Waals surface area contributed by atoms with Gasteiger partial charge in [-0.25, -0.2) is 0 Å². The standard InChI is InChI=1S/C18H24N4O4/c19-16(20)11-3-1-5-13(7-11)26-14-8-15(21-9-14)17(23)22-6-2-4-12(10-22)18(24)25/h1,3,5,7,12,14-15,21H,2,4,6,8-10H2,(H3,19,20)(H,24,25). The largest absolute Gasteiger partial charge is 0.489 e. The Balaban J connectivity index is 1.56. The van der Waals surface area contributed by atoms with Crippen LogP contribution in [0.2, 0.25) is 0 Å². The van der Waals surface area contributed by atoms with E-state index < -0.39 is 11.9 Å². The smallest absolute Gasteiger partial charge is 0.308 e. The van der Waals surface area contributed by atoms with Crippen molar-refractivity contribution in [2.45, 2.75) is 31.4 Å². The van der Waals surface area contributed by atoms with Crippen molar-refractivity contribution < 1.29 is 19.4 Å². The summed E-state index contributed by atoms with van der Waals surface area (Å²) in [6, 6.07) is 6.66. The number of nitrogens with one attached hydrogen (secondary N) is 2. The summed E-state index contributed by atoms with van der Waals surface area (Å²) in [4.78, 5) is 25.5. The molecule has 0 radical (unpaired) electrons. The molecule has 0 saturated carbocycles. The number of aliphatic carboxylic acids is 1. The third-order valence-corrected chi connectivity index (χ3v) is 4.92. The average Bonchev–Trinajstić information content (AvgIpc) is 3.09. The molecule has 3 rings (SSSR count). The normalized spacial score (nSPS) is 25.7. The SMILES string of the molecule is N=C(N)c1cccc(OC2CNC(C(=O)N3CCCC(C(=O)O)C3)C2)c1. The molecule has 5 N–H and O–H groups in total. The number of carbonyl (C=O) groups excluding carboxylic acids is 1. The fraction of sp³-hybridized carbons (Fsp3) is 0.500. The maximum Gasteiger partial charge on any atom is 0.308 e. The molecular formula is C18H24N4O4. The molecule has 8 nitrogen and oxygen atoms in total. The van der Waals surface area contributed by atoms with Gasteiger partial charge in [0.05, 0.1) is 12.0 Å². The summed E-state index contributed by atoms with van der Waals surface area (Å²) in [5, 5.41) is 19.8.